The molecule has 1 heteroatoms. The van der Waals surface area contributed by atoms with Crippen LogP contribution in [0.25, 0.3) is 0 Å². The van der Waals surface area contributed by atoms with Crippen molar-refractivity contribution in [1.82, 2.24) is 0 Å². The molecule has 0 aliphatic rings. The van der Waals surface area contributed by atoms with Crippen LogP contribution in [0.2, 0.25) is 0 Å². The minimum atomic E-state index is -0.616. The number of rotatable bonds is 4. The van der Waals surface area contributed by atoms with Gasteiger partial charge in [-0.15, -0.1) is 0 Å². The van der Waals surface area contributed by atoms with Crippen molar-refractivity contribution in [3.63, 3.8) is 0 Å². The second-order valence-corrected chi connectivity index (χ2v) is 4.20. The van der Waals surface area contributed by atoms with Gasteiger partial charge in [-0.25, -0.2) is 4.39 Å². The Kier molecular flexibility index (Phi) is 22.2. The Hall–Kier alpha value is -0.0700. The summed E-state index contributed by atoms with van der Waals surface area (Å²) in [5.41, 5.74) is 0. The summed E-state index contributed by atoms with van der Waals surface area (Å²) >= 11 is 0. The molecule has 0 spiro atoms. The van der Waals surface area contributed by atoms with Crippen LogP contribution in [-0.4, -0.2) is 6.17 Å². The van der Waals surface area contributed by atoms with Crippen LogP contribution in [0.15, 0.2) is 0 Å². The zero-order chi connectivity index (χ0) is 12.9. The Morgan fingerprint density at radius 3 is 1.33 bits per heavy atom. The second kappa shape index (κ2) is 16.4. The molecular weight excluding hydrogens is 187 g/mol. The minimum Gasteiger partial charge on any atom is -0.248 e. The number of hydrogen-bond donors (Lipinski definition) is 0. The molecule has 0 saturated heterocycles. The van der Waals surface area contributed by atoms with E-state index in [1.807, 2.05) is 20.8 Å². The molecule has 0 aliphatic carbocycles. The lowest BCUT2D eigenvalue weighted by molar-refractivity contribution is 0.352. The maximum atomic E-state index is 11.4. The molecule has 0 nitrogen and oxygen atoms in total. The molecule has 0 radical (unpaired) electrons. The molecule has 96 valence electrons. The Morgan fingerprint density at radius 2 is 1.27 bits per heavy atom. The Bertz CT molecular complexity index is 87.3. The van der Waals surface area contributed by atoms with E-state index in [-0.39, 0.29) is 0 Å². The van der Waals surface area contributed by atoms with Gasteiger partial charge in [-0.05, 0) is 25.2 Å². The fraction of sp³-hybridized carbons (Fsp3) is 1.00. The van der Waals surface area contributed by atoms with E-state index in [2.05, 4.69) is 27.7 Å². The molecule has 0 amide bonds. The molecule has 0 bridgehead atoms. The predicted molar refractivity (Wildman–Crippen MR) is 71.1 cm³/mol. The van der Waals surface area contributed by atoms with Gasteiger partial charge < -0.3 is 0 Å². The lowest BCUT2D eigenvalue weighted by atomic mass is 9.94. The summed E-state index contributed by atoms with van der Waals surface area (Å²) in [6, 6.07) is 0. The Labute approximate surface area is 97.7 Å². The van der Waals surface area contributed by atoms with Gasteiger partial charge in [-0.2, -0.15) is 0 Å². The van der Waals surface area contributed by atoms with E-state index >= 15 is 0 Å². The van der Waals surface area contributed by atoms with Gasteiger partial charge in [0.25, 0.3) is 0 Å². The van der Waals surface area contributed by atoms with Gasteiger partial charge in [0.05, 0.1) is 6.17 Å². The van der Waals surface area contributed by atoms with Crippen LogP contribution in [0.4, 0.5) is 4.39 Å². The number of alkyl halides is 1. The Balaban J connectivity index is -0.000000177. The largest absolute Gasteiger partial charge is 0.248 e. The lowest BCUT2D eigenvalue weighted by Gasteiger charge is -2.12. The van der Waals surface area contributed by atoms with Crippen molar-refractivity contribution < 1.29 is 4.39 Å². The molecule has 2 unspecified atom stereocenters. The molecule has 0 aliphatic heterocycles. The molecule has 0 fully saturated rings. The van der Waals surface area contributed by atoms with Crippen LogP contribution in [0.1, 0.15) is 74.7 Å². The van der Waals surface area contributed by atoms with Crippen LogP contribution >= 0.6 is 0 Å². The summed E-state index contributed by atoms with van der Waals surface area (Å²) in [6.07, 6.45) is 2.74. The van der Waals surface area contributed by atoms with Crippen molar-refractivity contribution in [3.05, 3.63) is 0 Å². The molecule has 0 aromatic heterocycles. The molecular formula is C14H33F. The SMILES string of the molecule is CC.CCC(C)F.CCCC(C)C(C)C. The van der Waals surface area contributed by atoms with E-state index < -0.39 is 6.17 Å². The van der Waals surface area contributed by atoms with Crippen molar-refractivity contribution >= 4 is 0 Å². The van der Waals surface area contributed by atoms with Crippen LogP contribution in [0, 0.1) is 11.8 Å². The van der Waals surface area contributed by atoms with E-state index in [4.69, 9.17) is 0 Å². The molecule has 0 rings (SSSR count). The van der Waals surface area contributed by atoms with Crippen LogP contribution in [0.3, 0.4) is 0 Å². The molecule has 0 saturated carbocycles. The van der Waals surface area contributed by atoms with Crippen LogP contribution < -0.4 is 0 Å². The summed E-state index contributed by atoms with van der Waals surface area (Å²) in [6.45, 7) is 16.5. The molecule has 0 aromatic rings. The summed E-state index contributed by atoms with van der Waals surface area (Å²) in [4.78, 5) is 0. The molecule has 15 heavy (non-hydrogen) atoms. The van der Waals surface area contributed by atoms with Gasteiger partial charge in [0.2, 0.25) is 0 Å². The quantitative estimate of drug-likeness (QED) is 0.556. The summed E-state index contributed by atoms with van der Waals surface area (Å²) in [5, 5.41) is 0. The highest BCUT2D eigenvalue weighted by Crippen LogP contribution is 2.14. The van der Waals surface area contributed by atoms with Gasteiger partial charge in [-0.3, -0.25) is 0 Å². The number of hydrogen-bond acceptors (Lipinski definition) is 0. The fourth-order valence-corrected chi connectivity index (χ4v) is 0.789. The van der Waals surface area contributed by atoms with Crippen molar-refractivity contribution in [2.75, 3.05) is 0 Å². The zero-order valence-electron chi connectivity index (χ0n) is 12.2. The van der Waals surface area contributed by atoms with E-state index in [1.54, 1.807) is 6.92 Å². The Morgan fingerprint density at radius 1 is 0.933 bits per heavy atom. The molecule has 0 N–H and O–H groups in total. The summed E-state index contributed by atoms with van der Waals surface area (Å²) in [5.74, 6) is 1.79. The second-order valence-electron chi connectivity index (χ2n) is 4.20. The molecule has 0 heterocycles. The smallest absolute Gasteiger partial charge is 0.0971 e. The minimum absolute atomic E-state index is 0.616. The lowest BCUT2D eigenvalue weighted by Crippen LogP contribution is -2.02. The normalized spacial score (nSPS) is 13.2. The zero-order valence-corrected chi connectivity index (χ0v) is 12.2. The molecule has 2 atom stereocenters. The van der Waals surface area contributed by atoms with Crippen molar-refractivity contribution in [2.24, 2.45) is 11.8 Å². The molecule has 0 aromatic carbocycles. The van der Waals surface area contributed by atoms with Crippen molar-refractivity contribution in [3.8, 4) is 0 Å². The van der Waals surface area contributed by atoms with Gasteiger partial charge in [0.15, 0.2) is 0 Å². The van der Waals surface area contributed by atoms with Crippen LogP contribution in [-0.2, 0) is 0 Å². The maximum Gasteiger partial charge on any atom is 0.0971 e. The average Bonchev–Trinajstić information content (AvgIpc) is 2.22. The first-order chi connectivity index (χ1) is 6.95. The van der Waals surface area contributed by atoms with E-state index in [0.717, 1.165) is 11.8 Å². The van der Waals surface area contributed by atoms with Crippen molar-refractivity contribution in [1.29, 1.82) is 0 Å². The fourth-order valence-electron chi connectivity index (χ4n) is 0.789. The summed E-state index contributed by atoms with van der Waals surface area (Å²) < 4.78 is 11.4. The first kappa shape index (κ1) is 20.4. The highest BCUT2D eigenvalue weighted by Gasteiger charge is 2.03. The van der Waals surface area contributed by atoms with Gasteiger partial charge in [-0.1, -0.05) is 61.3 Å². The van der Waals surface area contributed by atoms with Crippen LogP contribution in [0.5, 0.6) is 0 Å². The highest BCUT2D eigenvalue weighted by molar-refractivity contribution is 4.54. The predicted octanol–water partition coefficient (Wildman–Crippen LogP) is 5.86. The standard InChI is InChI=1S/C8H18.C4H9F.C2H6/c1-5-6-8(4)7(2)3;1-3-4(2)5;1-2/h7-8H,5-6H2,1-4H3;4H,3H2,1-2H3;1-2H3. The monoisotopic (exact) mass is 220 g/mol. The first-order valence-electron chi connectivity index (χ1n) is 6.59. The van der Waals surface area contributed by atoms with Crippen molar-refractivity contribution in [2.45, 2.75) is 80.8 Å². The first-order valence-corrected chi connectivity index (χ1v) is 6.59. The third-order valence-corrected chi connectivity index (χ3v) is 2.44. The topological polar surface area (TPSA) is 0 Å². The van der Waals surface area contributed by atoms with E-state index in [9.17, 15) is 4.39 Å². The third-order valence-electron chi connectivity index (χ3n) is 2.44. The van der Waals surface area contributed by atoms with E-state index in [1.165, 1.54) is 12.8 Å². The average molecular weight is 220 g/mol. The van der Waals surface area contributed by atoms with E-state index in [0.29, 0.717) is 6.42 Å². The van der Waals surface area contributed by atoms with Gasteiger partial charge in [0, 0.05) is 0 Å². The van der Waals surface area contributed by atoms with Gasteiger partial charge in [0.1, 0.15) is 0 Å². The summed E-state index contributed by atoms with van der Waals surface area (Å²) in [7, 11) is 0. The number of halogens is 1. The highest BCUT2D eigenvalue weighted by atomic mass is 19.1. The maximum absolute atomic E-state index is 11.4. The van der Waals surface area contributed by atoms with Gasteiger partial charge >= 0.3 is 0 Å². The third kappa shape index (κ3) is 24.9.